The summed E-state index contributed by atoms with van der Waals surface area (Å²) < 4.78 is 3.63. The third kappa shape index (κ3) is 2.53. The van der Waals surface area contributed by atoms with Crippen LogP contribution in [0.1, 0.15) is 25.6 Å². The average Bonchev–Trinajstić information content (AvgIpc) is 3.01. The molecule has 2 N–H and O–H groups in total. The number of aromatic nitrogens is 5. The summed E-state index contributed by atoms with van der Waals surface area (Å²) in [7, 11) is 1.88. The SMILES string of the molecule is CC(C)n1cc(Nc2ncc3c(Cl)cn(C)c3n2)c(CO)n1. The predicted octanol–water partition coefficient (Wildman–Crippen LogP) is 2.64. The Morgan fingerprint density at radius 1 is 1.36 bits per heavy atom. The second-order valence-corrected chi connectivity index (χ2v) is 5.77. The molecule has 0 aromatic carbocycles. The topological polar surface area (TPSA) is 80.8 Å². The van der Waals surface area contributed by atoms with Gasteiger partial charge in [-0.25, -0.2) is 4.98 Å². The summed E-state index contributed by atoms with van der Waals surface area (Å²) in [6.45, 7) is 3.89. The van der Waals surface area contributed by atoms with Crippen LogP contribution in [-0.2, 0) is 13.7 Å². The number of nitrogens with zero attached hydrogens (tertiary/aromatic N) is 5. The fraction of sp³-hybridized carbons (Fsp3) is 0.357. The molecule has 0 saturated heterocycles. The Labute approximate surface area is 132 Å². The van der Waals surface area contributed by atoms with Gasteiger partial charge in [-0.2, -0.15) is 10.1 Å². The first-order chi connectivity index (χ1) is 10.5. The van der Waals surface area contributed by atoms with E-state index in [2.05, 4.69) is 20.4 Å². The highest BCUT2D eigenvalue weighted by Gasteiger charge is 2.13. The van der Waals surface area contributed by atoms with E-state index in [0.717, 1.165) is 11.0 Å². The van der Waals surface area contributed by atoms with E-state index in [1.165, 1.54) is 0 Å². The van der Waals surface area contributed by atoms with E-state index in [4.69, 9.17) is 11.6 Å². The van der Waals surface area contributed by atoms with E-state index in [0.29, 0.717) is 22.4 Å². The van der Waals surface area contributed by atoms with Crippen LogP contribution >= 0.6 is 11.6 Å². The number of aryl methyl sites for hydroxylation is 1. The highest BCUT2D eigenvalue weighted by atomic mass is 35.5. The number of hydrogen-bond donors (Lipinski definition) is 2. The number of aliphatic hydroxyl groups is 1. The number of aliphatic hydroxyl groups excluding tert-OH is 1. The van der Waals surface area contributed by atoms with Gasteiger partial charge >= 0.3 is 0 Å². The van der Waals surface area contributed by atoms with Crippen LogP contribution in [0.25, 0.3) is 11.0 Å². The summed E-state index contributed by atoms with van der Waals surface area (Å²) in [5.41, 5.74) is 1.99. The highest BCUT2D eigenvalue weighted by Crippen LogP contribution is 2.25. The Kier molecular flexibility index (Phi) is 3.76. The zero-order chi connectivity index (χ0) is 15.9. The molecular formula is C14H17ClN6O. The van der Waals surface area contributed by atoms with Crippen LogP contribution in [0.15, 0.2) is 18.6 Å². The predicted molar refractivity (Wildman–Crippen MR) is 85.3 cm³/mol. The molecule has 0 spiro atoms. The summed E-state index contributed by atoms with van der Waals surface area (Å²) in [6.07, 6.45) is 5.31. The Bertz CT molecular complexity index is 822. The molecular weight excluding hydrogens is 304 g/mol. The lowest BCUT2D eigenvalue weighted by Gasteiger charge is -2.04. The molecule has 0 bridgehead atoms. The van der Waals surface area contributed by atoms with Gasteiger partial charge in [0, 0.05) is 31.7 Å². The number of nitrogens with one attached hydrogen (secondary N) is 1. The van der Waals surface area contributed by atoms with Gasteiger partial charge in [0.25, 0.3) is 0 Å². The van der Waals surface area contributed by atoms with Crippen LogP contribution in [-0.4, -0.2) is 29.4 Å². The van der Waals surface area contributed by atoms with Gasteiger partial charge < -0.3 is 15.0 Å². The van der Waals surface area contributed by atoms with E-state index < -0.39 is 0 Å². The minimum absolute atomic E-state index is 0.152. The zero-order valence-electron chi connectivity index (χ0n) is 12.6. The fourth-order valence-electron chi connectivity index (χ4n) is 2.21. The van der Waals surface area contributed by atoms with Crippen molar-refractivity contribution in [2.24, 2.45) is 7.05 Å². The first kappa shape index (κ1) is 14.8. The molecule has 0 amide bonds. The molecule has 7 nitrogen and oxygen atoms in total. The molecule has 3 aromatic heterocycles. The average molecular weight is 321 g/mol. The van der Waals surface area contributed by atoms with Crippen LogP contribution in [0.3, 0.4) is 0 Å². The number of rotatable bonds is 4. The van der Waals surface area contributed by atoms with Crippen molar-refractivity contribution in [3.8, 4) is 0 Å². The molecule has 0 fully saturated rings. The van der Waals surface area contributed by atoms with Crippen LogP contribution in [0.5, 0.6) is 0 Å². The molecule has 3 aromatic rings. The standard InChI is InChI=1S/C14H17ClN6O/c1-8(2)21-6-11(12(7-22)19-21)17-14-16-4-9-10(15)5-20(3)13(9)18-14/h4-6,8,22H,7H2,1-3H3,(H,16,17,18). The molecule has 8 heteroatoms. The Balaban J connectivity index is 1.97. The van der Waals surface area contributed by atoms with Crippen molar-refractivity contribution < 1.29 is 5.11 Å². The number of hydrogen-bond acceptors (Lipinski definition) is 5. The Hall–Kier alpha value is -2.12. The van der Waals surface area contributed by atoms with Crippen molar-refractivity contribution in [1.29, 1.82) is 0 Å². The summed E-state index contributed by atoms with van der Waals surface area (Å²) in [5, 5.41) is 18.3. The lowest BCUT2D eigenvalue weighted by molar-refractivity contribution is 0.275. The second kappa shape index (κ2) is 5.58. The molecule has 3 heterocycles. The second-order valence-electron chi connectivity index (χ2n) is 5.37. The van der Waals surface area contributed by atoms with Gasteiger partial charge in [-0.1, -0.05) is 11.6 Å². The van der Waals surface area contributed by atoms with Crippen molar-refractivity contribution >= 4 is 34.3 Å². The number of halogens is 1. The van der Waals surface area contributed by atoms with Gasteiger partial charge in [-0.05, 0) is 13.8 Å². The molecule has 0 radical (unpaired) electrons. The molecule has 22 heavy (non-hydrogen) atoms. The monoisotopic (exact) mass is 320 g/mol. The van der Waals surface area contributed by atoms with Crippen LogP contribution in [0, 0.1) is 0 Å². The quantitative estimate of drug-likeness (QED) is 0.772. The van der Waals surface area contributed by atoms with Gasteiger partial charge in [0.15, 0.2) is 0 Å². The highest BCUT2D eigenvalue weighted by molar-refractivity contribution is 6.35. The molecule has 0 aliphatic rings. The maximum Gasteiger partial charge on any atom is 0.229 e. The van der Waals surface area contributed by atoms with E-state index in [9.17, 15) is 5.11 Å². The first-order valence-corrected chi connectivity index (χ1v) is 7.31. The lowest BCUT2D eigenvalue weighted by atomic mass is 10.4. The van der Waals surface area contributed by atoms with Gasteiger partial charge in [0.1, 0.15) is 11.3 Å². The summed E-state index contributed by atoms with van der Waals surface area (Å²) in [5.74, 6) is 0.434. The van der Waals surface area contributed by atoms with E-state index in [1.54, 1.807) is 17.1 Å². The number of anilines is 2. The van der Waals surface area contributed by atoms with Crippen molar-refractivity contribution in [2.75, 3.05) is 5.32 Å². The number of fused-ring (bicyclic) bond motifs is 1. The minimum atomic E-state index is -0.152. The normalized spacial score (nSPS) is 11.5. The maximum atomic E-state index is 9.43. The maximum absolute atomic E-state index is 9.43. The molecule has 0 aliphatic heterocycles. The Morgan fingerprint density at radius 3 is 2.82 bits per heavy atom. The molecule has 3 rings (SSSR count). The smallest absolute Gasteiger partial charge is 0.229 e. The van der Waals surface area contributed by atoms with Crippen molar-refractivity contribution in [1.82, 2.24) is 24.3 Å². The third-order valence-electron chi connectivity index (χ3n) is 3.40. The molecule has 116 valence electrons. The third-order valence-corrected chi connectivity index (χ3v) is 3.70. The van der Waals surface area contributed by atoms with Gasteiger partial charge in [-0.3, -0.25) is 4.68 Å². The van der Waals surface area contributed by atoms with Gasteiger partial charge in [0.05, 0.1) is 22.7 Å². The van der Waals surface area contributed by atoms with Gasteiger partial charge in [-0.15, -0.1) is 0 Å². The largest absolute Gasteiger partial charge is 0.390 e. The van der Waals surface area contributed by atoms with E-state index in [1.807, 2.05) is 31.7 Å². The first-order valence-electron chi connectivity index (χ1n) is 6.93. The van der Waals surface area contributed by atoms with Crippen molar-refractivity contribution in [3.05, 3.63) is 29.3 Å². The van der Waals surface area contributed by atoms with Crippen LogP contribution in [0.4, 0.5) is 11.6 Å². The van der Waals surface area contributed by atoms with Crippen LogP contribution in [0.2, 0.25) is 5.02 Å². The fourth-order valence-corrected chi connectivity index (χ4v) is 2.49. The molecule has 0 unspecified atom stereocenters. The van der Waals surface area contributed by atoms with Crippen molar-refractivity contribution in [2.45, 2.75) is 26.5 Å². The Morgan fingerprint density at radius 2 is 2.14 bits per heavy atom. The molecule has 0 saturated carbocycles. The van der Waals surface area contributed by atoms with Gasteiger partial charge in [0.2, 0.25) is 5.95 Å². The van der Waals surface area contributed by atoms with Crippen LogP contribution < -0.4 is 5.32 Å². The van der Waals surface area contributed by atoms with E-state index >= 15 is 0 Å². The summed E-state index contributed by atoms with van der Waals surface area (Å²) in [4.78, 5) is 8.73. The lowest BCUT2D eigenvalue weighted by Crippen LogP contribution is -2.01. The summed E-state index contributed by atoms with van der Waals surface area (Å²) >= 11 is 6.11. The minimum Gasteiger partial charge on any atom is -0.390 e. The summed E-state index contributed by atoms with van der Waals surface area (Å²) in [6, 6.07) is 0.205. The molecule has 0 atom stereocenters. The molecule has 0 aliphatic carbocycles. The zero-order valence-corrected chi connectivity index (χ0v) is 13.3. The van der Waals surface area contributed by atoms with Crippen molar-refractivity contribution in [3.63, 3.8) is 0 Å². The van der Waals surface area contributed by atoms with E-state index in [-0.39, 0.29) is 12.6 Å².